The molecule has 0 spiro atoms. The minimum Gasteiger partial charge on any atom is -0.478 e. The van der Waals surface area contributed by atoms with E-state index < -0.39 is 24.1 Å². The van der Waals surface area contributed by atoms with Crippen molar-refractivity contribution < 1.29 is 30.0 Å². The van der Waals surface area contributed by atoms with Gasteiger partial charge in [0, 0.05) is 0 Å². The molecule has 0 amide bonds. The van der Waals surface area contributed by atoms with Crippen LogP contribution in [-0.4, -0.2) is 44.3 Å². The fourth-order valence-corrected chi connectivity index (χ4v) is 1.54. The number of benzene rings is 1. The minimum absolute atomic E-state index is 0.0135. The highest BCUT2D eigenvalue weighted by atomic mass is 35.5. The van der Waals surface area contributed by atoms with E-state index in [0.717, 1.165) is 18.2 Å². The maximum atomic E-state index is 10.8. The van der Waals surface area contributed by atoms with E-state index in [9.17, 15) is 19.8 Å². The van der Waals surface area contributed by atoms with Gasteiger partial charge in [-0.05, 0) is 23.8 Å². The summed E-state index contributed by atoms with van der Waals surface area (Å²) in [7, 11) is 0. The zero-order valence-electron chi connectivity index (χ0n) is 9.08. The molecule has 0 heterocycles. The second-order valence-electron chi connectivity index (χ2n) is 3.62. The highest BCUT2D eigenvalue weighted by Gasteiger charge is 2.21. The lowest BCUT2D eigenvalue weighted by atomic mass is 9.99. The van der Waals surface area contributed by atoms with Crippen LogP contribution in [-0.2, 0) is 0 Å². The van der Waals surface area contributed by atoms with Crippen molar-refractivity contribution in [2.75, 3.05) is 5.88 Å². The first-order valence-electron chi connectivity index (χ1n) is 4.90. The number of hydrogen-bond donors (Lipinski definition) is 4. The van der Waals surface area contributed by atoms with E-state index in [1.807, 2.05) is 0 Å². The largest absolute Gasteiger partial charge is 0.478 e. The molecule has 98 valence electrons. The second-order valence-corrected chi connectivity index (χ2v) is 3.93. The van der Waals surface area contributed by atoms with Gasteiger partial charge in [0.25, 0.3) is 0 Å². The Morgan fingerprint density at radius 3 is 1.83 bits per heavy atom. The Bertz CT molecular complexity index is 440. The van der Waals surface area contributed by atoms with Gasteiger partial charge in [0.1, 0.15) is 6.10 Å². The molecule has 0 aromatic heterocycles. The Morgan fingerprint density at radius 2 is 1.50 bits per heavy atom. The number of carboxylic acids is 2. The van der Waals surface area contributed by atoms with Crippen LogP contribution in [0.15, 0.2) is 18.2 Å². The van der Waals surface area contributed by atoms with Crippen LogP contribution in [0.5, 0.6) is 0 Å². The van der Waals surface area contributed by atoms with Crippen molar-refractivity contribution in [3.05, 3.63) is 34.9 Å². The van der Waals surface area contributed by atoms with Crippen molar-refractivity contribution in [1.82, 2.24) is 0 Å². The summed E-state index contributed by atoms with van der Waals surface area (Å²) < 4.78 is 0. The van der Waals surface area contributed by atoms with Crippen molar-refractivity contribution in [3.63, 3.8) is 0 Å². The summed E-state index contributed by atoms with van der Waals surface area (Å²) in [5.41, 5.74) is -0.586. The van der Waals surface area contributed by atoms with Crippen LogP contribution < -0.4 is 0 Å². The topological polar surface area (TPSA) is 115 Å². The molecule has 1 aromatic rings. The molecule has 0 fully saturated rings. The summed E-state index contributed by atoms with van der Waals surface area (Å²) in [6, 6.07) is 3.15. The number of halogens is 1. The summed E-state index contributed by atoms with van der Waals surface area (Å²) in [5.74, 6) is -2.92. The molecule has 0 saturated heterocycles. The molecule has 18 heavy (non-hydrogen) atoms. The van der Waals surface area contributed by atoms with Gasteiger partial charge in [-0.2, -0.15) is 0 Å². The summed E-state index contributed by atoms with van der Waals surface area (Å²) in [5, 5.41) is 36.7. The summed E-state index contributed by atoms with van der Waals surface area (Å²) in [6.07, 6.45) is -2.75. The van der Waals surface area contributed by atoms with E-state index in [1.165, 1.54) is 0 Å². The van der Waals surface area contributed by atoms with Gasteiger partial charge in [-0.3, -0.25) is 0 Å². The predicted octanol–water partition coefficient (Wildman–Crippen LogP) is 0.716. The van der Waals surface area contributed by atoms with Gasteiger partial charge in [-0.1, -0.05) is 0 Å². The van der Waals surface area contributed by atoms with E-state index in [2.05, 4.69) is 0 Å². The molecule has 1 rings (SSSR count). The Balaban J connectivity index is 3.26. The highest BCUT2D eigenvalue weighted by molar-refractivity contribution is 6.18. The quantitative estimate of drug-likeness (QED) is 0.588. The zero-order chi connectivity index (χ0) is 13.9. The predicted molar refractivity (Wildman–Crippen MR) is 62.0 cm³/mol. The van der Waals surface area contributed by atoms with Crippen LogP contribution in [0.25, 0.3) is 0 Å². The zero-order valence-corrected chi connectivity index (χ0v) is 9.83. The molecule has 0 aliphatic carbocycles. The van der Waals surface area contributed by atoms with E-state index in [4.69, 9.17) is 21.8 Å². The molecule has 4 N–H and O–H groups in total. The number of alkyl halides is 1. The molecule has 0 bridgehead atoms. The molecular weight excluding hydrogens is 264 g/mol. The first kappa shape index (κ1) is 14.4. The third kappa shape index (κ3) is 3.19. The smallest absolute Gasteiger partial charge is 0.335 e. The van der Waals surface area contributed by atoms with Crippen LogP contribution in [0.3, 0.4) is 0 Å². The lowest BCUT2D eigenvalue weighted by Gasteiger charge is -2.16. The van der Waals surface area contributed by atoms with Crippen LogP contribution in [0.1, 0.15) is 32.4 Å². The van der Waals surface area contributed by atoms with E-state index in [1.54, 1.807) is 0 Å². The first-order valence-corrected chi connectivity index (χ1v) is 5.44. The number of carboxylic acid groups (broad SMARTS) is 2. The maximum Gasteiger partial charge on any atom is 0.335 e. The van der Waals surface area contributed by atoms with Gasteiger partial charge in [-0.15, -0.1) is 11.6 Å². The fourth-order valence-electron chi connectivity index (χ4n) is 1.38. The number of carbonyl (C=O) groups is 2. The Morgan fingerprint density at radius 1 is 1.06 bits per heavy atom. The molecule has 1 aromatic carbocycles. The van der Waals surface area contributed by atoms with Gasteiger partial charge in [0.05, 0.1) is 23.1 Å². The average molecular weight is 275 g/mol. The maximum absolute atomic E-state index is 10.8. The monoisotopic (exact) mass is 274 g/mol. The van der Waals surface area contributed by atoms with E-state index >= 15 is 0 Å². The summed E-state index contributed by atoms with van der Waals surface area (Å²) in [6.45, 7) is 0. The van der Waals surface area contributed by atoms with Crippen LogP contribution in [0.4, 0.5) is 0 Å². The number of aromatic carboxylic acids is 2. The molecule has 0 saturated carbocycles. The summed E-state index contributed by atoms with van der Waals surface area (Å²) in [4.78, 5) is 21.7. The van der Waals surface area contributed by atoms with Crippen molar-refractivity contribution in [2.45, 2.75) is 12.2 Å². The van der Waals surface area contributed by atoms with Crippen LogP contribution in [0, 0.1) is 0 Å². The lowest BCUT2D eigenvalue weighted by Crippen LogP contribution is -2.20. The molecule has 0 aliphatic rings. The van der Waals surface area contributed by atoms with Crippen molar-refractivity contribution in [2.24, 2.45) is 0 Å². The SMILES string of the molecule is O=C(O)c1cc(C(=O)O)cc(C(O)C(O)CCl)c1. The standard InChI is InChI=1S/C11H11ClO6/c12-4-8(13)9(14)5-1-6(10(15)16)3-7(2-5)11(17)18/h1-3,8-9,13-14H,4H2,(H,15,16)(H,17,18). The van der Waals surface area contributed by atoms with Crippen molar-refractivity contribution in [3.8, 4) is 0 Å². The molecule has 0 radical (unpaired) electrons. The molecule has 6 nitrogen and oxygen atoms in total. The number of aliphatic hydroxyl groups excluding tert-OH is 2. The van der Waals surface area contributed by atoms with E-state index in [-0.39, 0.29) is 22.6 Å². The third-order valence-corrected chi connectivity index (χ3v) is 2.63. The molecular formula is C11H11ClO6. The van der Waals surface area contributed by atoms with Gasteiger partial charge in [0.2, 0.25) is 0 Å². The second kappa shape index (κ2) is 5.81. The average Bonchev–Trinajstić information content (AvgIpc) is 2.36. The number of rotatable bonds is 5. The fraction of sp³-hybridized carbons (Fsp3) is 0.273. The number of hydrogen-bond acceptors (Lipinski definition) is 4. The van der Waals surface area contributed by atoms with Gasteiger partial charge >= 0.3 is 11.9 Å². The van der Waals surface area contributed by atoms with Crippen molar-refractivity contribution in [1.29, 1.82) is 0 Å². The Kier molecular flexibility index (Phi) is 4.66. The molecule has 2 atom stereocenters. The van der Waals surface area contributed by atoms with E-state index in [0.29, 0.717) is 0 Å². The normalized spacial score (nSPS) is 13.9. The van der Waals surface area contributed by atoms with Crippen LogP contribution >= 0.6 is 11.6 Å². The molecule has 2 unspecified atom stereocenters. The van der Waals surface area contributed by atoms with Crippen LogP contribution in [0.2, 0.25) is 0 Å². The lowest BCUT2D eigenvalue weighted by molar-refractivity contribution is 0.0325. The molecule has 0 aliphatic heterocycles. The molecule has 7 heteroatoms. The van der Waals surface area contributed by atoms with Gasteiger partial charge in [0.15, 0.2) is 0 Å². The Hall–Kier alpha value is -1.63. The first-order chi connectivity index (χ1) is 8.36. The van der Waals surface area contributed by atoms with Gasteiger partial charge < -0.3 is 20.4 Å². The third-order valence-electron chi connectivity index (χ3n) is 2.31. The Labute approximate surface area is 107 Å². The summed E-state index contributed by atoms with van der Waals surface area (Å²) >= 11 is 5.36. The highest BCUT2D eigenvalue weighted by Crippen LogP contribution is 2.21. The number of aliphatic hydroxyl groups is 2. The minimum atomic E-state index is -1.44. The van der Waals surface area contributed by atoms with Gasteiger partial charge in [-0.25, -0.2) is 9.59 Å². The van der Waals surface area contributed by atoms with Crippen molar-refractivity contribution >= 4 is 23.5 Å².